The molecule has 0 bridgehead atoms. The van der Waals surface area contributed by atoms with Crippen LogP contribution in [0.4, 0.5) is 0 Å². The molecule has 0 aromatic heterocycles. The van der Waals surface area contributed by atoms with Crippen LogP contribution in [0.2, 0.25) is 0 Å². The van der Waals surface area contributed by atoms with Crippen molar-refractivity contribution in [2.24, 2.45) is 34.5 Å². The van der Waals surface area contributed by atoms with Gasteiger partial charge in [-0.05, 0) is 97.5 Å². The molecule has 0 saturated heterocycles. The molecule has 4 aliphatic carbocycles. The number of aliphatic hydroxyl groups excluding tert-OH is 1. The van der Waals surface area contributed by atoms with Gasteiger partial charge >= 0.3 is 0 Å². The highest BCUT2D eigenvalue weighted by Gasteiger charge is 2.60. The van der Waals surface area contributed by atoms with Gasteiger partial charge < -0.3 is 5.11 Å². The molecule has 4 aliphatic rings. The normalized spacial score (nSPS) is 43.9. The summed E-state index contributed by atoms with van der Waals surface area (Å²) in [7, 11) is 0. The lowest BCUT2D eigenvalue weighted by atomic mass is 9.44. The van der Waals surface area contributed by atoms with Crippen molar-refractivity contribution in [3.05, 3.63) is 47.5 Å². The van der Waals surface area contributed by atoms with Crippen LogP contribution in [0.5, 0.6) is 0 Å². The molecule has 0 amide bonds. The number of allylic oxidation sites excluding steroid dienone is 1. The number of aryl methyl sites for hydroxylation is 1. The smallest absolute Gasteiger partial charge is 0.155 e. The number of benzene rings is 1. The number of aliphatic hydroxyl groups is 1. The Morgan fingerprint density at radius 3 is 2.62 bits per heavy atom. The van der Waals surface area contributed by atoms with Crippen LogP contribution in [0.1, 0.15) is 70.8 Å². The Morgan fingerprint density at radius 1 is 1.03 bits per heavy atom. The predicted octanol–water partition coefficient (Wildman–Crippen LogP) is 5.74. The maximum atomic E-state index is 12.3. The van der Waals surface area contributed by atoms with Crippen LogP contribution in [-0.4, -0.2) is 17.0 Å². The molecule has 0 radical (unpaired) electrons. The SMILES string of the molecule is C[C@]12CC[C@H]3[C@@H]([C@@H](CCc4ccccc4)CC4=CC(=O)CC[C@@]43C)[C@@H]1CC[C@@H]2O. The lowest BCUT2D eigenvalue weighted by Crippen LogP contribution is -2.54. The zero-order valence-corrected chi connectivity index (χ0v) is 18.1. The average Bonchev–Trinajstić information content (AvgIpc) is 3.02. The predicted molar refractivity (Wildman–Crippen MR) is 116 cm³/mol. The molecule has 7 atom stereocenters. The highest BCUT2D eigenvalue weighted by molar-refractivity contribution is 5.91. The monoisotopic (exact) mass is 392 g/mol. The Bertz CT molecular complexity index is 811. The van der Waals surface area contributed by atoms with Gasteiger partial charge in [-0.1, -0.05) is 49.8 Å². The molecular weight excluding hydrogens is 356 g/mol. The van der Waals surface area contributed by atoms with Crippen LogP contribution in [0.3, 0.4) is 0 Å². The van der Waals surface area contributed by atoms with E-state index in [4.69, 9.17) is 0 Å². The minimum absolute atomic E-state index is 0.105. The van der Waals surface area contributed by atoms with Crippen LogP contribution in [-0.2, 0) is 11.2 Å². The second kappa shape index (κ2) is 7.08. The van der Waals surface area contributed by atoms with Gasteiger partial charge in [0.25, 0.3) is 0 Å². The maximum absolute atomic E-state index is 12.3. The minimum atomic E-state index is -0.124. The molecule has 1 aromatic rings. The number of carbonyl (C=O) groups is 1. The average molecular weight is 393 g/mol. The molecule has 2 nitrogen and oxygen atoms in total. The van der Waals surface area contributed by atoms with Gasteiger partial charge in [0.2, 0.25) is 0 Å². The van der Waals surface area contributed by atoms with E-state index in [9.17, 15) is 9.90 Å². The van der Waals surface area contributed by atoms with E-state index in [0.717, 1.165) is 38.5 Å². The van der Waals surface area contributed by atoms with Gasteiger partial charge in [0, 0.05) is 6.42 Å². The first-order valence-electron chi connectivity index (χ1n) is 11.9. The van der Waals surface area contributed by atoms with Gasteiger partial charge in [-0.25, -0.2) is 0 Å². The molecule has 0 heterocycles. The van der Waals surface area contributed by atoms with E-state index in [0.29, 0.717) is 29.5 Å². The fourth-order valence-electron chi connectivity index (χ4n) is 7.97. The zero-order valence-electron chi connectivity index (χ0n) is 18.1. The van der Waals surface area contributed by atoms with Gasteiger partial charge in [-0.15, -0.1) is 0 Å². The Morgan fingerprint density at radius 2 is 1.83 bits per heavy atom. The highest BCUT2D eigenvalue weighted by atomic mass is 16.3. The number of fused-ring (bicyclic) bond motifs is 5. The summed E-state index contributed by atoms with van der Waals surface area (Å²) in [6, 6.07) is 10.9. The van der Waals surface area contributed by atoms with Gasteiger partial charge in [0.1, 0.15) is 0 Å². The summed E-state index contributed by atoms with van der Waals surface area (Å²) in [4.78, 5) is 12.3. The third-order valence-corrected chi connectivity index (χ3v) is 9.73. The topological polar surface area (TPSA) is 37.3 Å². The Hall–Kier alpha value is -1.41. The van der Waals surface area contributed by atoms with Crippen molar-refractivity contribution in [2.75, 3.05) is 0 Å². The molecular formula is C27H36O2. The highest BCUT2D eigenvalue weighted by Crippen LogP contribution is 2.67. The standard InChI is InChI=1S/C27H36O2/c1-26-14-12-21(28)17-20(26)16-19(9-8-18-6-4-3-5-7-18)25-22-10-11-24(29)27(22,2)15-13-23(25)26/h3-7,17,19,22-25,29H,8-16H2,1-2H3/t19-,22-,23-,24-,25-,26-,27-/m0/s1. The third kappa shape index (κ3) is 3.05. The molecule has 29 heavy (non-hydrogen) atoms. The molecule has 0 unspecified atom stereocenters. The maximum Gasteiger partial charge on any atom is 0.155 e. The van der Waals surface area contributed by atoms with Gasteiger partial charge in [0.05, 0.1) is 6.10 Å². The van der Waals surface area contributed by atoms with Crippen LogP contribution >= 0.6 is 0 Å². The van der Waals surface area contributed by atoms with Crippen molar-refractivity contribution in [3.63, 3.8) is 0 Å². The molecule has 156 valence electrons. The van der Waals surface area contributed by atoms with E-state index >= 15 is 0 Å². The van der Waals surface area contributed by atoms with Crippen LogP contribution in [0, 0.1) is 34.5 Å². The summed E-state index contributed by atoms with van der Waals surface area (Å²) in [5.41, 5.74) is 3.19. The minimum Gasteiger partial charge on any atom is -0.393 e. The van der Waals surface area contributed by atoms with Crippen LogP contribution in [0.15, 0.2) is 42.0 Å². The first-order valence-corrected chi connectivity index (χ1v) is 11.9. The molecule has 1 aromatic carbocycles. The summed E-state index contributed by atoms with van der Waals surface area (Å²) in [6.07, 6.45) is 11.6. The van der Waals surface area contributed by atoms with E-state index < -0.39 is 0 Å². The van der Waals surface area contributed by atoms with E-state index in [2.05, 4.69) is 44.2 Å². The molecule has 0 aliphatic heterocycles. The van der Waals surface area contributed by atoms with Gasteiger partial charge in [0.15, 0.2) is 5.78 Å². The second-order valence-corrected chi connectivity index (χ2v) is 11.0. The first-order chi connectivity index (χ1) is 13.9. The van der Waals surface area contributed by atoms with Gasteiger partial charge in [-0.3, -0.25) is 4.79 Å². The number of hydrogen-bond donors (Lipinski definition) is 1. The number of rotatable bonds is 3. The lowest BCUT2D eigenvalue weighted by Gasteiger charge is -2.60. The Labute approximate surface area is 175 Å². The molecule has 5 rings (SSSR count). The van der Waals surface area contributed by atoms with Crippen LogP contribution < -0.4 is 0 Å². The van der Waals surface area contributed by atoms with E-state index in [1.54, 1.807) is 0 Å². The quantitative estimate of drug-likeness (QED) is 0.712. The third-order valence-electron chi connectivity index (χ3n) is 9.73. The first kappa shape index (κ1) is 19.5. The Kier molecular flexibility index (Phi) is 4.77. The zero-order chi connectivity index (χ0) is 20.2. The largest absolute Gasteiger partial charge is 0.393 e. The van der Waals surface area contributed by atoms with Crippen molar-refractivity contribution >= 4 is 5.78 Å². The number of hydrogen-bond acceptors (Lipinski definition) is 2. The van der Waals surface area contributed by atoms with Gasteiger partial charge in [-0.2, -0.15) is 0 Å². The number of ketones is 1. The van der Waals surface area contributed by atoms with E-state index in [-0.39, 0.29) is 16.9 Å². The summed E-state index contributed by atoms with van der Waals surface area (Å²) in [6.45, 7) is 4.84. The van der Waals surface area contributed by atoms with Crippen molar-refractivity contribution in [3.8, 4) is 0 Å². The molecule has 0 spiro atoms. The lowest BCUT2D eigenvalue weighted by molar-refractivity contribution is -0.120. The summed E-state index contributed by atoms with van der Waals surface area (Å²) in [5.74, 6) is 3.01. The second-order valence-electron chi connectivity index (χ2n) is 11.0. The molecule has 1 N–H and O–H groups in total. The van der Waals surface area contributed by atoms with E-state index in [1.165, 1.54) is 30.4 Å². The molecule has 3 saturated carbocycles. The van der Waals surface area contributed by atoms with Crippen molar-refractivity contribution in [2.45, 2.75) is 77.7 Å². The van der Waals surface area contributed by atoms with Crippen LogP contribution in [0.25, 0.3) is 0 Å². The van der Waals surface area contributed by atoms with Crippen molar-refractivity contribution < 1.29 is 9.90 Å². The summed E-state index contributed by atoms with van der Waals surface area (Å²) >= 11 is 0. The fourth-order valence-corrected chi connectivity index (χ4v) is 7.97. The van der Waals surface area contributed by atoms with Crippen molar-refractivity contribution in [1.82, 2.24) is 0 Å². The van der Waals surface area contributed by atoms with E-state index in [1.807, 2.05) is 6.08 Å². The summed E-state index contributed by atoms with van der Waals surface area (Å²) in [5, 5.41) is 10.8. The molecule has 3 fully saturated rings. The molecule has 2 heteroatoms. The van der Waals surface area contributed by atoms with Crippen molar-refractivity contribution in [1.29, 1.82) is 0 Å². The number of carbonyl (C=O) groups excluding carboxylic acids is 1. The fraction of sp³-hybridized carbons (Fsp3) is 0.667. The Balaban J connectivity index is 1.49. The summed E-state index contributed by atoms with van der Waals surface area (Å²) < 4.78 is 0.